The maximum absolute atomic E-state index is 12.6. The van der Waals surface area contributed by atoms with E-state index in [2.05, 4.69) is 37.5 Å². The van der Waals surface area contributed by atoms with E-state index in [1.165, 1.54) is 12.4 Å². The Balaban J connectivity index is 1.46. The van der Waals surface area contributed by atoms with Gasteiger partial charge in [0.25, 0.3) is 11.8 Å². The molecule has 0 radical (unpaired) electrons. The Bertz CT molecular complexity index is 1060. The van der Waals surface area contributed by atoms with Gasteiger partial charge in [0, 0.05) is 42.9 Å². The summed E-state index contributed by atoms with van der Waals surface area (Å²) in [6.45, 7) is 6.30. The number of rotatable bonds is 7. The molecule has 1 aliphatic heterocycles. The van der Waals surface area contributed by atoms with Crippen molar-refractivity contribution in [3.63, 3.8) is 0 Å². The molecule has 4 rings (SSSR count). The van der Waals surface area contributed by atoms with Crippen molar-refractivity contribution in [2.24, 2.45) is 5.92 Å². The van der Waals surface area contributed by atoms with Crippen molar-refractivity contribution in [1.82, 2.24) is 30.6 Å². The van der Waals surface area contributed by atoms with Gasteiger partial charge in [0.1, 0.15) is 5.75 Å². The summed E-state index contributed by atoms with van der Waals surface area (Å²) in [6, 6.07) is 5.44. The fourth-order valence-corrected chi connectivity index (χ4v) is 3.46. The van der Waals surface area contributed by atoms with Gasteiger partial charge in [-0.05, 0) is 44.0 Å². The minimum atomic E-state index is -0.175. The predicted octanol–water partition coefficient (Wildman–Crippen LogP) is 2.85. The second-order valence-electron chi connectivity index (χ2n) is 7.60. The number of nitrogens with zero attached hydrogens (tertiary/aromatic N) is 4. The first kappa shape index (κ1) is 21.6. The molecule has 0 bridgehead atoms. The van der Waals surface area contributed by atoms with Gasteiger partial charge in [-0.2, -0.15) is 0 Å². The quantitative estimate of drug-likeness (QED) is 0.584. The van der Waals surface area contributed by atoms with Gasteiger partial charge in [0.05, 0.1) is 18.4 Å². The third-order valence-corrected chi connectivity index (χ3v) is 5.28. The minimum Gasteiger partial charge on any atom is -0.488 e. The fraction of sp³-hybridized carbons (Fsp3) is 0.348. The SMILES string of the molecule is CCOc1cccnc1Oc1cncc(-c2ncc(C(=O)N[C@H]3CNCC[C@H]3C)cn2)c1. The largest absolute Gasteiger partial charge is 0.488 e. The summed E-state index contributed by atoms with van der Waals surface area (Å²) in [6.07, 6.45) is 8.94. The summed E-state index contributed by atoms with van der Waals surface area (Å²) in [7, 11) is 0. The van der Waals surface area contributed by atoms with Crippen molar-refractivity contribution in [2.45, 2.75) is 26.3 Å². The highest BCUT2D eigenvalue weighted by atomic mass is 16.5. The van der Waals surface area contributed by atoms with Crippen molar-refractivity contribution < 1.29 is 14.3 Å². The van der Waals surface area contributed by atoms with Crippen LogP contribution in [-0.4, -0.2) is 51.6 Å². The van der Waals surface area contributed by atoms with E-state index in [1.807, 2.05) is 6.92 Å². The molecule has 2 atom stereocenters. The lowest BCUT2D eigenvalue weighted by Crippen LogP contribution is -2.50. The van der Waals surface area contributed by atoms with Crippen LogP contribution in [0.2, 0.25) is 0 Å². The summed E-state index contributed by atoms with van der Waals surface area (Å²) in [5.41, 5.74) is 1.08. The monoisotopic (exact) mass is 434 g/mol. The van der Waals surface area contributed by atoms with Crippen molar-refractivity contribution >= 4 is 5.91 Å². The van der Waals surface area contributed by atoms with E-state index in [9.17, 15) is 4.79 Å². The van der Waals surface area contributed by atoms with Crippen LogP contribution in [-0.2, 0) is 0 Å². The van der Waals surface area contributed by atoms with E-state index in [-0.39, 0.29) is 11.9 Å². The molecule has 1 fully saturated rings. The van der Waals surface area contributed by atoms with Crippen molar-refractivity contribution in [3.05, 3.63) is 54.7 Å². The van der Waals surface area contributed by atoms with Crippen LogP contribution in [0.25, 0.3) is 11.4 Å². The molecular formula is C23H26N6O3. The Morgan fingerprint density at radius 1 is 1.22 bits per heavy atom. The molecule has 1 amide bonds. The molecule has 0 unspecified atom stereocenters. The highest BCUT2D eigenvalue weighted by Crippen LogP contribution is 2.30. The van der Waals surface area contributed by atoms with Crippen LogP contribution in [0.4, 0.5) is 0 Å². The average molecular weight is 435 g/mol. The Kier molecular flexibility index (Phi) is 6.86. The lowest BCUT2D eigenvalue weighted by molar-refractivity contribution is 0.0914. The molecule has 9 nitrogen and oxygen atoms in total. The van der Waals surface area contributed by atoms with Crippen LogP contribution >= 0.6 is 0 Å². The summed E-state index contributed by atoms with van der Waals surface area (Å²) >= 11 is 0. The van der Waals surface area contributed by atoms with Crippen molar-refractivity contribution in [2.75, 3.05) is 19.7 Å². The zero-order valence-electron chi connectivity index (χ0n) is 18.1. The Hall–Kier alpha value is -3.59. The third-order valence-electron chi connectivity index (χ3n) is 5.28. The van der Waals surface area contributed by atoms with Crippen molar-refractivity contribution in [1.29, 1.82) is 0 Å². The molecule has 1 aliphatic rings. The number of hydrogen-bond donors (Lipinski definition) is 2. The van der Waals surface area contributed by atoms with Crippen LogP contribution in [0.15, 0.2) is 49.2 Å². The fourth-order valence-electron chi connectivity index (χ4n) is 3.46. The number of pyridine rings is 2. The van der Waals surface area contributed by atoms with E-state index < -0.39 is 0 Å². The van der Waals surface area contributed by atoms with Gasteiger partial charge in [-0.3, -0.25) is 9.78 Å². The molecular weight excluding hydrogens is 408 g/mol. The van der Waals surface area contributed by atoms with E-state index in [0.717, 1.165) is 19.5 Å². The number of aromatic nitrogens is 4. The minimum absolute atomic E-state index is 0.0992. The summed E-state index contributed by atoms with van der Waals surface area (Å²) in [4.78, 5) is 29.7. The van der Waals surface area contributed by atoms with Crippen LogP contribution in [0.3, 0.4) is 0 Å². The number of piperidine rings is 1. The molecule has 3 aromatic heterocycles. The zero-order valence-corrected chi connectivity index (χ0v) is 18.1. The molecule has 32 heavy (non-hydrogen) atoms. The first-order chi connectivity index (χ1) is 15.6. The molecule has 9 heteroatoms. The van der Waals surface area contributed by atoms with Crippen LogP contribution in [0.5, 0.6) is 17.4 Å². The first-order valence-electron chi connectivity index (χ1n) is 10.7. The Morgan fingerprint density at radius 3 is 2.84 bits per heavy atom. The summed E-state index contributed by atoms with van der Waals surface area (Å²) in [5, 5.41) is 6.37. The lowest BCUT2D eigenvalue weighted by Gasteiger charge is -2.30. The van der Waals surface area contributed by atoms with Gasteiger partial charge in [0.15, 0.2) is 11.6 Å². The number of nitrogens with one attached hydrogen (secondary N) is 2. The Morgan fingerprint density at radius 2 is 2.06 bits per heavy atom. The smallest absolute Gasteiger partial charge is 0.262 e. The molecule has 2 N–H and O–H groups in total. The number of amides is 1. The first-order valence-corrected chi connectivity index (χ1v) is 10.7. The standard InChI is InChI=1S/C23H26N6O3/c1-3-31-20-5-4-7-26-23(20)32-18-9-16(10-25-13-18)21-27-11-17(12-28-21)22(30)29-19-14-24-8-6-15(19)2/h4-5,7,9-13,15,19,24H,3,6,8,14H2,1-2H3,(H,29,30)/t15-,19+/m1/s1. The maximum Gasteiger partial charge on any atom is 0.262 e. The van der Waals surface area contributed by atoms with Gasteiger partial charge in [0.2, 0.25) is 0 Å². The summed E-state index contributed by atoms with van der Waals surface area (Å²) in [5.74, 6) is 2.08. The van der Waals surface area contributed by atoms with E-state index >= 15 is 0 Å². The predicted molar refractivity (Wildman–Crippen MR) is 119 cm³/mol. The molecule has 4 heterocycles. The van der Waals surface area contributed by atoms with Gasteiger partial charge >= 0.3 is 0 Å². The molecule has 3 aromatic rings. The number of hydrogen-bond acceptors (Lipinski definition) is 8. The van der Waals surface area contributed by atoms with Gasteiger partial charge < -0.3 is 20.1 Å². The van der Waals surface area contributed by atoms with Gasteiger partial charge in [-0.25, -0.2) is 15.0 Å². The van der Waals surface area contributed by atoms with Crippen LogP contribution in [0.1, 0.15) is 30.6 Å². The van der Waals surface area contributed by atoms with E-state index in [0.29, 0.717) is 46.9 Å². The Labute approximate surface area is 186 Å². The van der Waals surface area contributed by atoms with Gasteiger partial charge in [-0.15, -0.1) is 0 Å². The van der Waals surface area contributed by atoms with E-state index in [4.69, 9.17) is 9.47 Å². The highest BCUT2D eigenvalue weighted by molar-refractivity contribution is 5.94. The second-order valence-corrected chi connectivity index (χ2v) is 7.60. The molecule has 166 valence electrons. The molecule has 0 spiro atoms. The average Bonchev–Trinajstić information content (AvgIpc) is 2.82. The third kappa shape index (κ3) is 5.17. The van der Waals surface area contributed by atoms with Crippen LogP contribution < -0.4 is 20.1 Å². The molecule has 0 saturated carbocycles. The maximum atomic E-state index is 12.6. The highest BCUT2D eigenvalue weighted by Gasteiger charge is 2.23. The number of ether oxygens (including phenoxy) is 2. The number of carbonyl (C=O) groups excluding carboxylic acids is 1. The van der Waals surface area contributed by atoms with Crippen molar-refractivity contribution in [3.8, 4) is 28.8 Å². The number of carbonyl (C=O) groups is 1. The molecule has 0 aliphatic carbocycles. The molecule has 1 saturated heterocycles. The van der Waals surface area contributed by atoms with Crippen LogP contribution in [0, 0.1) is 5.92 Å². The van der Waals surface area contributed by atoms with E-state index in [1.54, 1.807) is 36.8 Å². The summed E-state index contributed by atoms with van der Waals surface area (Å²) < 4.78 is 11.4. The zero-order chi connectivity index (χ0) is 22.3. The topological polar surface area (TPSA) is 111 Å². The second kappa shape index (κ2) is 10.1. The lowest BCUT2D eigenvalue weighted by atomic mass is 9.94. The molecule has 0 aromatic carbocycles. The normalized spacial score (nSPS) is 18.1. The van der Waals surface area contributed by atoms with Gasteiger partial charge in [-0.1, -0.05) is 6.92 Å².